The molecule has 19 heavy (non-hydrogen) atoms. The number of rotatable bonds is 1. The zero-order valence-corrected chi connectivity index (χ0v) is 13.0. The summed E-state index contributed by atoms with van der Waals surface area (Å²) in [5, 5.41) is 0. The highest BCUT2D eigenvalue weighted by molar-refractivity contribution is 14.1. The van der Waals surface area contributed by atoms with Crippen LogP contribution in [0.3, 0.4) is 0 Å². The molecule has 0 spiro atoms. The summed E-state index contributed by atoms with van der Waals surface area (Å²) in [5.41, 5.74) is 3.71. The Morgan fingerprint density at radius 3 is 2.58 bits per heavy atom. The lowest BCUT2D eigenvalue weighted by Gasteiger charge is -2.05. The number of hydrogen-bond donors (Lipinski definition) is 1. The summed E-state index contributed by atoms with van der Waals surface area (Å²) in [6.45, 7) is 2.03. The molecule has 1 aromatic heterocycles. The van der Waals surface area contributed by atoms with E-state index in [1.807, 2.05) is 58.3 Å². The van der Waals surface area contributed by atoms with Gasteiger partial charge in [0.2, 0.25) is 0 Å². The molecule has 2 aromatic carbocycles. The number of benzene rings is 2. The third-order valence-corrected chi connectivity index (χ3v) is 4.13. The van der Waals surface area contributed by atoms with Gasteiger partial charge in [0.1, 0.15) is 5.82 Å². The molecule has 5 heteroatoms. The van der Waals surface area contributed by atoms with E-state index in [4.69, 9.17) is 12.2 Å². The Hall–Kier alpha value is -1.21. The molecule has 1 heterocycles. The van der Waals surface area contributed by atoms with Gasteiger partial charge in [-0.3, -0.25) is 4.57 Å². The SMILES string of the molecule is Cc1ccc(-n2c(=S)[nH]c3cc(I)c(F)cc32)cc1. The van der Waals surface area contributed by atoms with Crippen LogP contribution in [0, 0.1) is 21.1 Å². The standard InChI is InChI=1S/C14H10FIN2S/c1-8-2-4-9(5-3-8)18-13-6-10(15)11(16)7-12(13)17-14(18)19/h2-7H,1H3,(H,17,19). The van der Waals surface area contributed by atoms with Crippen LogP contribution in [0.25, 0.3) is 16.7 Å². The van der Waals surface area contributed by atoms with Gasteiger partial charge in [0.15, 0.2) is 4.77 Å². The van der Waals surface area contributed by atoms with Crippen LogP contribution in [0.2, 0.25) is 0 Å². The quantitative estimate of drug-likeness (QED) is 0.475. The van der Waals surface area contributed by atoms with E-state index in [0.717, 1.165) is 16.7 Å². The second kappa shape index (κ2) is 4.72. The molecule has 0 atom stereocenters. The number of aromatic amines is 1. The van der Waals surface area contributed by atoms with Crippen molar-refractivity contribution in [2.24, 2.45) is 0 Å². The maximum absolute atomic E-state index is 13.7. The number of aromatic nitrogens is 2. The molecule has 3 aromatic rings. The Balaban J connectivity index is 2.34. The fraction of sp³-hybridized carbons (Fsp3) is 0.0714. The lowest BCUT2D eigenvalue weighted by Crippen LogP contribution is -1.94. The predicted octanol–water partition coefficient (Wildman–Crippen LogP) is 4.74. The summed E-state index contributed by atoms with van der Waals surface area (Å²) in [6, 6.07) is 11.3. The summed E-state index contributed by atoms with van der Waals surface area (Å²) < 4.78 is 16.8. The highest BCUT2D eigenvalue weighted by Gasteiger charge is 2.10. The van der Waals surface area contributed by atoms with Crippen molar-refractivity contribution in [3.8, 4) is 5.69 Å². The van der Waals surface area contributed by atoms with Crippen LogP contribution < -0.4 is 0 Å². The van der Waals surface area contributed by atoms with E-state index in [0.29, 0.717) is 8.34 Å². The van der Waals surface area contributed by atoms with Gasteiger partial charge >= 0.3 is 0 Å². The van der Waals surface area contributed by atoms with E-state index in [1.165, 1.54) is 11.6 Å². The minimum absolute atomic E-state index is 0.233. The number of nitrogens with one attached hydrogen (secondary N) is 1. The predicted molar refractivity (Wildman–Crippen MR) is 85.9 cm³/mol. The molecule has 0 bridgehead atoms. The Morgan fingerprint density at radius 1 is 1.21 bits per heavy atom. The molecule has 0 unspecified atom stereocenters. The summed E-state index contributed by atoms with van der Waals surface area (Å²) in [7, 11) is 0. The zero-order chi connectivity index (χ0) is 13.6. The fourth-order valence-electron chi connectivity index (χ4n) is 2.05. The van der Waals surface area contributed by atoms with E-state index in [1.54, 1.807) is 6.07 Å². The van der Waals surface area contributed by atoms with E-state index in [2.05, 4.69) is 4.98 Å². The molecule has 0 amide bonds. The van der Waals surface area contributed by atoms with E-state index in [-0.39, 0.29) is 5.82 Å². The first-order valence-corrected chi connectivity index (χ1v) is 7.22. The van der Waals surface area contributed by atoms with Gasteiger partial charge in [0.05, 0.1) is 14.6 Å². The largest absolute Gasteiger partial charge is 0.330 e. The number of hydrogen-bond acceptors (Lipinski definition) is 1. The summed E-state index contributed by atoms with van der Waals surface area (Å²) in [5.74, 6) is -0.233. The molecule has 0 fully saturated rings. The third-order valence-electron chi connectivity index (χ3n) is 3.02. The topological polar surface area (TPSA) is 20.7 Å². The molecule has 0 aliphatic heterocycles. The van der Waals surface area contributed by atoms with Gasteiger partial charge in [-0.2, -0.15) is 0 Å². The van der Waals surface area contributed by atoms with Crippen molar-refractivity contribution in [3.63, 3.8) is 0 Å². The number of H-pyrrole nitrogens is 1. The van der Waals surface area contributed by atoms with Gasteiger partial charge in [0.25, 0.3) is 0 Å². The highest BCUT2D eigenvalue weighted by Crippen LogP contribution is 2.23. The molecule has 0 aliphatic carbocycles. The monoisotopic (exact) mass is 384 g/mol. The van der Waals surface area contributed by atoms with Gasteiger partial charge in [0, 0.05) is 11.8 Å². The highest BCUT2D eigenvalue weighted by atomic mass is 127. The molecular formula is C14H10FIN2S. The summed E-state index contributed by atoms with van der Waals surface area (Å²) in [6.07, 6.45) is 0. The van der Waals surface area contributed by atoms with Crippen molar-refractivity contribution < 1.29 is 4.39 Å². The van der Waals surface area contributed by atoms with E-state index in [9.17, 15) is 4.39 Å². The molecular weight excluding hydrogens is 374 g/mol. The Labute approximate surface area is 128 Å². The lowest BCUT2D eigenvalue weighted by atomic mass is 10.2. The molecule has 1 N–H and O–H groups in total. The first-order valence-electron chi connectivity index (χ1n) is 5.73. The van der Waals surface area contributed by atoms with Crippen molar-refractivity contribution >= 4 is 45.8 Å². The van der Waals surface area contributed by atoms with Gasteiger partial charge in [-0.1, -0.05) is 17.7 Å². The zero-order valence-electron chi connectivity index (χ0n) is 10.1. The lowest BCUT2D eigenvalue weighted by molar-refractivity contribution is 0.622. The number of imidazole rings is 1. The van der Waals surface area contributed by atoms with Crippen LogP contribution in [-0.2, 0) is 0 Å². The second-order valence-electron chi connectivity index (χ2n) is 4.38. The molecule has 0 saturated carbocycles. The van der Waals surface area contributed by atoms with Crippen LogP contribution in [-0.4, -0.2) is 9.55 Å². The molecule has 2 nitrogen and oxygen atoms in total. The van der Waals surface area contributed by atoms with Crippen molar-refractivity contribution in [1.82, 2.24) is 9.55 Å². The van der Waals surface area contributed by atoms with Crippen LogP contribution in [0.15, 0.2) is 36.4 Å². The molecule has 0 aliphatic rings. The van der Waals surface area contributed by atoms with Crippen LogP contribution in [0.5, 0.6) is 0 Å². The number of halogens is 2. The maximum Gasteiger partial charge on any atom is 0.182 e. The number of nitrogens with zero attached hydrogens (tertiary/aromatic N) is 1. The van der Waals surface area contributed by atoms with Gasteiger partial charge in [-0.25, -0.2) is 4.39 Å². The van der Waals surface area contributed by atoms with E-state index >= 15 is 0 Å². The Morgan fingerprint density at radius 2 is 1.89 bits per heavy atom. The second-order valence-corrected chi connectivity index (χ2v) is 5.93. The number of fused-ring (bicyclic) bond motifs is 1. The van der Waals surface area contributed by atoms with Crippen LogP contribution in [0.4, 0.5) is 4.39 Å². The van der Waals surface area contributed by atoms with Crippen molar-refractivity contribution in [3.05, 3.63) is 56.1 Å². The van der Waals surface area contributed by atoms with Gasteiger partial charge in [-0.05, 0) is 59.9 Å². The molecule has 3 rings (SSSR count). The average molecular weight is 384 g/mol. The summed E-state index contributed by atoms with van der Waals surface area (Å²) in [4.78, 5) is 3.11. The minimum atomic E-state index is -0.233. The summed E-state index contributed by atoms with van der Waals surface area (Å²) >= 11 is 7.31. The van der Waals surface area contributed by atoms with Crippen LogP contribution >= 0.6 is 34.8 Å². The first kappa shape index (κ1) is 12.8. The Bertz CT molecular complexity index is 818. The molecule has 0 radical (unpaired) electrons. The molecule has 0 saturated heterocycles. The van der Waals surface area contributed by atoms with Gasteiger partial charge < -0.3 is 4.98 Å². The fourth-order valence-corrected chi connectivity index (χ4v) is 2.83. The minimum Gasteiger partial charge on any atom is -0.330 e. The Kier molecular flexibility index (Phi) is 3.18. The maximum atomic E-state index is 13.7. The smallest absolute Gasteiger partial charge is 0.182 e. The first-order chi connectivity index (χ1) is 9.06. The van der Waals surface area contributed by atoms with Crippen molar-refractivity contribution in [1.29, 1.82) is 0 Å². The normalized spacial score (nSPS) is 11.1. The third kappa shape index (κ3) is 2.21. The number of aryl methyl sites for hydroxylation is 1. The molecule has 96 valence electrons. The van der Waals surface area contributed by atoms with Crippen molar-refractivity contribution in [2.45, 2.75) is 6.92 Å². The van der Waals surface area contributed by atoms with Crippen molar-refractivity contribution in [2.75, 3.05) is 0 Å². The van der Waals surface area contributed by atoms with E-state index < -0.39 is 0 Å². The van der Waals surface area contributed by atoms with Crippen LogP contribution in [0.1, 0.15) is 5.56 Å². The average Bonchev–Trinajstić information content (AvgIpc) is 2.67. The van der Waals surface area contributed by atoms with Gasteiger partial charge in [-0.15, -0.1) is 0 Å².